The van der Waals surface area contributed by atoms with E-state index in [1.54, 1.807) is 6.92 Å². The molecular weight excluding hydrogens is 244 g/mol. The van der Waals surface area contributed by atoms with Crippen LogP contribution in [0.15, 0.2) is 0 Å². The van der Waals surface area contributed by atoms with Gasteiger partial charge in [-0.3, -0.25) is 4.79 Å². The first-order valence-corrected chi connectivity index (χ1v) is 7.43. The molecule has 0 aromatic rings. The molecule has 1 heterocycles. The lowest BCUT2D eigenvalue weighted by Gasteiger charge is -2.23. The van der Waals surface area contributed by atoms with Crippen molar-refractivity contribution in [2.75, 3.05) is 25.6 Å². The average molecular weight is 264 g/mol. The summed E-state index contributed by atoms with van der Waals surface area (Å²) in [6.45, 7) is 5.69. The van der Waals surface area contributed by atoms with E-state index < -0.39 is 20.6 Å². The lowest BCUT2D eigenvalue weighted by molar-refractivity contribution is -0.145. The molecule has 0 aromatic heterocycles. The minimum absolute atomic E-state index is 0.00583. The van der Waals surface area contributed by atoms with Crippen LogP contribution in [0.5, 0.6) is 0 Å². The van der Waals surface area contributed by atoms with Crippen molar-refractivity contribution >= 4 is 15.8 Å². The second-order valence-corrected chi connectivity index (χ2v) is 7.33. The fourth-order valence-electron chi connectivity index (χ4n) is 1.67. The fraction of sp³-hybridized carbons (Fsp3) is 0.909. The van der Waals surface area contributed by atoms with Gasteiger partial charge in [-0.15, -0.1) is 0 Å². The monoisotopic (exact) mass is 264 g/mol. The molecule has 0 saturated carbocycles. The van der Waals surface area contributed by atoms with E-state index in [1.165, 1.54) is 13.8 Å². The Hall–Kier alpha value is -0.620. The zero-order chi connectivity index (χ0) is 13.1. The number of ether oxygens (including phenoxy) is 2. The number of hydrogen-bond donors (Lipinski definition) is 0. The van der Waals surface area contributed by atoms with Crippen molar-refractivity contribution in [3.05, 3.63) is 0 Å². The molecule has 0 amide bonds. The number of carbonyl (C=O) groups excluding carboxylic acids is 1. The van der Waals surface area contributed by atoms with Crippen molar-refractivity contribution in [1.29, 1.82) is 0 Å². The van der Waals surface area contributed by atoms with Crippen LogP contribution < -0.4 is 0 Å². The van der Waals surface area contributed by atoms with Gasteiger partial charge < -0.3 is 9.47 Å². The van der Waals surface area contributed by atoms with E-state index >= 15 is 0 Å². The number of esters is 1. The van der Waals surface area contributed by atoms with Crippen LogP contribution in [0.4, 0.5) is 0 Å². The molecule has 5 nitrogen and oxygen atoms in total. The van der Waals surface area contributed by atoms with Crippen LogP contribution in [-0.2, 0) is 24.1 Å². The van der Waals surface area contributed by atoms with E-state index in [1.807, 2.05) is 0 Å². The van der Waals surface area contributed by atoms with E-state index in [-0.39, 0.29) is 18.3 Å². The summed E-state index contributed by atoms with van der Waals surface area (Å²) >= 11 is 0. The van der Waals surface area contributed by atoms with Crippen LogP contribution in [0.1, 0.15) is 27.2 Å². The summed E-state index contributed by atoms with van der Waals surface area (Å²) < 4.78 is 32.8. The Morgan fingerprint density at radius 2 is 2.12 bits per heavy atom. The standard InChI is InChI=1S/C11H20O5S/c1-4-16-10(12)11(2,3)17(13,14)8-9-5-6-15-7-9/h9H,4-8H2,1-3H3. The quantitative estimate of drug-likeness (QED) is 0.686. The molecule has 1 atom stereocenters. The van der Waals surface area contributed by atoms with E-state index in [0.717, 1.165) is 6.42 Å². The van der Waals surface area contributed by atoms with E-state index in [4.69, 9.17) is 9.47 Å². The van der Waals surface area contributed by atoms with Crippen LogP contribution in [0.2, 0.25) is 0 Å². The van der Waals surface area contributed by atoms with Crippen LogP contribution >= 0.6 is 0 Å². The molecule has 1 rings (SSSR count). The van der Waals surface area contributed by atoms with Crippen LogP contribution in [-0.4, -0.2) is 44.7 Å². The Kier molecular flexibility index (Phi) is 4.55. The molecule has 0 aliphatic carbocycles. The van der Waals surface area contributed by atoms with Gasteiger partial charge in [0.25, 0.3) is 0 Å². The van der Waals surface area contributed by atoms with Crippen molar-refractivity contribution in [1.82, 2.24) is 0 Å². The summed E-state index contributed by atoms with van der Waals surface area (Å²) in [4.78, 5) is 11.7. The largest absolute Gasteiger partial charge is 0.465 e. The smallest absolute Gasteiger partial charge is 0.326 e. The van der Waals surface area contributed by atoms with Gasteiger partial charge in [0.1, 0.15) is 0 Å². The normalized spacial score (nSPS) is 21.5. The molecule has 1 aliphatic rings. The molecule has 0 bridgehead atoms. The second kappa shape index (κ2) is 5.35. The Balaban J connectivity index is 2.76. The van der Waals surface area contributed by atoms with Gasteiger partial charge in [0.15, 0.2) is 14.6 Å². The zero-order valence-electron chi connectivity index (χ0n) is 10.6. The third-order valence-electron chi connectivity index (χ3n) is 3.02. The van der Waals surface area contributed by atoms with Gasteiger partial charge in [-0.2, -0.15) is 0 Å². The average Bonchev–Trinajstić information content (AvgIpc) is 2.69. The minimum Gasteiger partial charge on any atom is -0.465 e. The Labute approximate surface area is 102 Å². The maximum atomic E-state index is 12.2. The molecule has 17 heavy (non-hydrogen) atoms. The first kappa shape index (κ1) is 14.4. The molecule has 0 spiro atoms. The highest BCUT2D eigenvalue weighted by atomic mass is 32.2. The van der Waals surface area contributed by atoms with Crippen molar-refractivity contribution < 1.29 is 22.7 Å². The van der Waals surface area contributed by atoms with Gasteiger partial charge in [-0.1, -0.05) is 0 Å². The summed E-state index contributed by atoms with van der Waals surface area (Å²) in [7, 11) is -3.52. The van der Waals surface area contributed by atoms with E-state index in [0.29, 0.717) is 13.2 Å². The molecule has 100 valence electrons. The first-order chi connectivity index (χ1) is 7.81. The number of carbonyl (C=O) groups is 1. The second-order valence-electron chi connectivity index (χ2n) is 4.74. The van der Waals surface area contributed by atoms with E-state index in [2.05, 4.69) is 0 Å². The molecule has 6 heteroatoms. The molecular formula is C11H20O5S. The Bertz CT molecular complexity index is 365. The zero-order valence-corrected chi connectivity index (χ0v) is 11.4. The van der Waals surface area contributed by atoms with E-state index in [9.17, 15) is 13.2 Å². The predicted molar refractivity (Wildman–Crippen MR) is 63.4 cm³/mol. The highest BCUT2D eigenvalue weighted by Gasteiger charge is 2.44. The molecule has 0 radical (unpaired) electrons. The lowest BCUT2D eigenvalue weighted by atomic mass is 10.2. The summed E-state index contributed by atoms with van der Waals surface area (Å²) in [5, 5.41) is 0. The molecule has 1 saturated heterocycles. The Morgan fingerprint density at radius 1 is 1.47 bits per heavy atom. The Morgan fingerprint density at radius 3 is 2.59 bits per heavy atom. The minimum atomic E-state index is -3.52. The number of sulfone groups is 1. The fourth-order valence-corrected chi connectivity index (χ4v) is 3.28. The third kappa shape index (κ3) is 3.19. The number of rotatable bonds is 5. The van der Waals surface area contributed by atoms with Crippen molar-refractivity contribution in [2.24, 2.45) is 5.92 Å². The molecule has 0 N–H and O–H groups in total. The molecule has 1 unspecified atom stereocenters. The van der Waals surface area contributed by atoms with Crippen molar-refractivity contribution in [3.8, 4) is 0 Å². The van der Waals surface area contributed by atoms with Crippen molar-refractivity contribution in [3.63, 3.8) is 0 Å². The van der Waals surface area contributed by atoms with Gasteiger partial charge in [0.2, 0.25) is 0 Å². The summed E-state index contributed by atoms with van der Waals surface area (Å²) in [5.74, 6) is -0.702. The maximum Gasteiger partial charge on any atom is 0.326 e. The van der Waals surface area contributed by atoms with Gasteiger partial charge in [0.05, 0.1) is 19.0 Å². The first-order valence-electron chi connectivity index (χ1n) is 5.78. The third-order valence-corrected chi connectivity index (χ3v) is 5.66. The lowest BCUT2D eigenvalue weighted by Crippen LogP contribution is -2.44. The molecule has 0 aromatic carbocycles. The van der Waals surface area contributed by atoms with Crippen LogP contribution in [0.25, 0.3) is 0 Å². The predicted octanol–water partition coefficient (Wildman–Crippen LogP) is 0.779. The van der Waals surface area contributed by atoms with Crippen molar-refractivity contribution in [2.45, 2.75) is 31.9 Å². The van der Waals surface area contributed by atoms with Gasteiger partial charge in [-0.25, -0.2) is 8.42 Å². The van der Waals surface area contributed by atoms with Crippen LogP contribution in [0, 0.1) is 5.92 Å². The van der Waals surface area contributed by atoms with Gasteiger partial charge >= 0.3 is 5.97 Å². The highest BCUT2D eigenvalue weighted by molar-refractivity contribution is 7.93. The highest BCUT2D eigenvalue weighted by Crippen LogP contribution is 2.24. The van der Waals surface area contributed by atoms with Gasteiger partial charge in [0, 0.05) is 6.61 Å². The summed E-state index contributed by atoms with van der Waals surface area (Å²) in [5.41, 5.74) is 0. The topological polar surface area (TPSA) is 69.7 Å². The number of hydrogen-bond acceptors (Lipinski definition) is 5. The molecule has 1 fully saturated rings. The van der Waals surface area contributed by atoms with Crippen LogP contribution in [0.3, 0.4) is 0 Å². The SMILES string of the molecule is CCOC(=O)C(C)(C)S(=O)(=O)CC1CCOC1. The molecule has 1 aliphatic heterocycles. The summed E-state index contributed by atoms with van der Waals surface area (Å²) in [6.07, 6.45) is 0.734. The van der Waals surface area contributed by atoms with Gasteiger partial charge in [-0.05, 0) is 33.1 Å². The summed E-state index contributed by atoms with van der Waals surface area (Å²) in [6, 6.07) is 0. The maximum absolute atomic E-state index is 12.2.